The first-order chi connectivity index (χ1) is 7.85. The van der Waals surface area contributed by atoms with E-state index in [1.165, 1.54) is 0 Å². The Balaban J connectivity index is 2.70. The predicted octanol–water partition coefficient (Wildman–Crippen LogP) is 4.31. The van der Waals surface area contributed by atoms with Gasteiger partial charge in [-0.1, -0.05) is 27.5 Å². The van der Waals surface area contributed by atoms with Crippen LogP contribution in [0.2, 0.25) is 5.02 Å². The molecule has 1 rings (SSSR count). The van der Waals surface area contributed by atoms with Crippen LogP contribution >= 0.6 is 27.5 Å². The Morgan fingerprint density at radius 1 is 1.47 bits per heavy atom. The summed E-state index contributed by atoms with van der Waals surface area (Å²) in [6.45, 7) is 4.12. The number of hydrogen-bond acceptors (Lipinski definition) is 2. The summed E-state index contributed by atoms with van der Waals surface area (Å²) in [6.07, 6.45) is 1.74. The quantitative estimate of drug-likeness (QED) is 0.877. The van der Waals surface area contributed by atoms with E-state index in [1.54, 1.807) is 7.11 Å². The number of rotatable bonds is 5. The Bertz CT molecular complexity index is 382. The first-order valence-corrected chi connectivity index (χ1v) is 6.78. The Morgan fingerprint density at radius 3 is 2.71 bits per heavy atom. The fraction of sp³-hybridized carbons (Fsp3) is 0.538. The van der Waals surface area contributed by atoms with Crippen LogP contribution in [0.5, 0.6) is 0 Å². The van der Waals surface area contributed by atoms with Crippen LogP contribution in [0.15, 0.2) is 22.7 Å². The van der Waals surface area contributed by atoms with Crippen molar-refractivity contribution >= 4 is 27.5 Å². The lowest BCUT2D eigenvalue weighted by molar-refractivity contribution is 0.0125. The van der Waals surface area contributed by atoms with Crippen molar-refractivity contribution in [2.45, 2.75) is 38.3 Å². The van der Waals surface area contributed by atoms with E-state index < -0.39 is 0 Å². The topological polar surface area (TPSA) is 35.2 Å². The molecule has 17 heavy (non-hydrogen) atoms. The molecule has 0 saturated carbocycles. The number of halogens is 2. The minimum atomic E-state index is -0.143. The van der Waals surface area contributed by atoms with Crippen molar-refractivity contribution in [2.24, 2.45) is 5.73 Å². The third kappa shape index (κ3) is 4.59. The van der Waals surface area contributed by atoms with Gasteiger partial charge in [-0.2, -0.15) is 0 Å². The third-order valence-corrected chi connectivity index (χ3v) is 3.80. The van der Waals surface area contributed by atoms with Crippen molar-refractivity contribution in [1.29, 1.82) is 0 Å². The smallest absolute Gasteiger partial charge is 0.0623 e. The van der Waals surface area contributed by atoms with Gasteiger partial charge in [0.25, 0.3) is 0 Å². The van der Waals surface area contributed by atoms with Gasteiger partial charge in [0.2, 0.25) is 0 Å². The fourth-order valence-corrected chi connectivity index (χ4v) is 2.20. The fourth-order valence-electron chi connectivity index (χ4n) is 1.56. The van der Waals surface area contributed by atoms with Gasteiger partial charge in [-0.25, -0.2) is 0 Å². The number of methoxy groups -OCH3 is 1. The molecule has 0 heterocycles. The molecule has 96 valence electrons. The van der Waals surface area contributed by atoms with Gasteiger partial charge in [0.15, 0.2) is 0 Å². The maximum Gasteiger partial charge on any atom is 0.0623 e. The second kappa shape index (κ2) is 6.19. The molecule has 0 saturated heterocycles. The standard InChI is InChI=1S/C13H19BrClNO/c1-13(2,17-3)7-6-12(16)10-8-9(14)4-5-11(10)15/h4-5,8,12H,6-7,16H2,1-3H3. The zero-order valence-electron chi connectivity index (χ0n) is 10.5. The van der Waals surface area contributed by atoms with E-state index in [0.717, 1.165) is 27.9 Å². The van der Waals surface area contributed by atoms with Gasteiger partial charge in [0.1, 0.15) is 0 Å². The van der Waals surface area contributed by atoms with Gasteiger partial charge in [0.05, 0.1) is 5.60 Å². The van der Waals surface area contributed by atoms with Crippen molar-refractivity contribution in [3.8, 4) is 0 Å². The van der Waals surface area contributed by atoms with E-state index in [2.05, 4.69) is 29.8 Å². The van der Waals surface area contributed by atoms with Crippen LogP contribution in [0.25, 0.3) is 0 Å². The summed E-state index contributed by atoms with van der Waals surface area (Å²) >= 11 is 9.57. The molecule has 2 nitrogen and oxygen atoms in total. The predicted molar refractivity (Wildman–Crippen MR) is 76.4 cm³/mol. The minimum Gasteiger partial charge on any atom is -0.379 e. The van der Waals surface area contributed by atoms with Crippen LogP contribution in [-0.2, 0) is 4.74 Å². The first kappa shape index (κ1) is 15.0. The van der Waals surface area contributed by atoms with Crippen LogP contribution in [-0.4, -0.2) is 12.7 Å². The van der Waals surface area contributed by atoms with E-state index in [-0.39, 0.29) is 11.6 Å². The molecule has 2 N–H and O–H groups in total. The minimum absolute atomic E-state index is 0.0607. The molecule has 0 aliphatic rings. The lowest BCUT2D eigenvalue weighted by Crippen LogP contribution is -2.24. The molecular formula is C13H19BrClNO. The van der Waals surface area contributed by atoms with E-state index in [4.69, 9.17) is 22.1 Å². The van der Waals surface area contributed by atoms with E-state index in [9.17, 15) is 0 Å². The first-order valence-electron chi connectivity index (χ1n) is 5.61. The Morgan fingerprint density at radius 2 is 2.12 bits per heavy atom. The van der Waals surface area contributed by atoms with Gasteiger partial charge in [-0.05, 0) is 50.5 Å². The van der Waals surface area contributed by atoms with Crippen LogP contribution in [0, 0.1) is 0 Å². The molecule has 0 aromatic heterocycles. The molecule has 0 aliphatic carbocycles. The van der Waals surface area contributed by atoms with E-state index in [1.807, 2.05) is 18.2 Å². The molecule has 0 bridgehead atoms. The number of ether oxygens (including phenoxy) is 1. The molecule has 0 radical (unpaired) electrons. The van der Waals surface area contributed by atoms with Gasteiger partial charge in [-0.15, -0.1) is 0 Å². The monoisotopic (exact) mass is 319 g/mol. The van der Waals surface area contributed by atoms with Crippen molar-refractivity contribution in [3.63, 3.8) is 0 Å². The van der Waals surface area contributed by atoms with Crippen molar-refractivity contribution in [3.05, 3.63) is 33.3 Å². The zero-order chi connectivity index (χ0) is 13.1. The molecule has 0 amide bonds. The summed E-state index contributed by atoms with van der Waals surface area (Å²) in [5.41, 5.74) is 7.00. The molecule has 1 aromatic rings. The van der Waals surface area contributed by atoms with Crippen molar-refractivity contribution < 1.29 is 4.74 Å². The number of nitrogens with two attached hydrogens (primary N) is 1. The summed E-state index contributed by atoms with van der Waals surface area (Å²) in [4.78, 5) is 0. The molecule has 1 atom stereocenters. The van der Waals surface area contributed by atoms with Gasteiger partial charge >= 0.3 is 0 Å². The summed E-state index contributed by atoms with van der Waals surface area (Å²) in [5.74, 6) is 0. The van der Waals surface area contributed by atoms with E-state index in [0.29, 0.717) is 0 Å². The molecular weight excluding hydrogens is 302 g/mol. The highest BCUT2D eigenvalue weighted by atomic mass is 79.9. The van der Waals surface area contributed by atoms with Gasteiger partial charge in [0, 0.05) is 22.6 Å². The van der Waals surface area contributed by atoms with Crippen LogP contribution < -0.4 is 5.73 Å². The van der Waals surface area contributed by atoms with Crippen LogP contribution in [0.4, 0.5) is 0 Å². The molecule has 4 heteroatoms. The molecule has 0 spiro atoms. The molecule has 1 unspecified atom stereocenters. The van der Waals surface area contributed by atoms with Crippen molar-refractivity contribution in [2.75, 3.05) is 7.11 Å². The van der Waals surface area contributed by atoms with Gasteiger partial charge < -0.3 is 10.5 Å². The second-order valence-electron chi connectivity index (χ2n) is 4.77. The highest BCUT2D eigenvalue weighted by molar-refractivity contribution is 9.10. The number of benzene rings is 1. The summed E-state index contributed by atoms with van der Waals surface area (Å²) in [5, 5.41) is 0.718. The average Bonchev–Trinajstić information content (AvgIpc) is 2.29. The lowest BCUT2D eigenvalue weighted by atomic mass is 9.95. The molecule has 0 fully saturated rings. The summed E-state index contributed by atoms with van der Waals surface area (Å²) < 4.78 is 6.38. The zero-order valence-corrected chi connectivity index (χ0v) is 12.8. The number of hydrogen-bond donors (Lipinski definition) is 1. The normalized spacial score (nSPS) is 13.8. The van der Waals surface area contributed by atoms with Crippen molar-refractivity contribution in [1.82, 2.24) is 0 Å². The van der Waals surface area contributed by atoms with Crippen LogP contribution in [0.1, 0.15) is 38.3 Å². The Kier molecular flexibility index (Phi) is 5.45. The SMILES string of the molecule is COC(C)(C)CCC(N)c1cc(Br)ccc1Cl. The molecule has 0 aliphatic heterocycles. The summed E-state index contributed by atoms with van der Waals surface area (Å²) in [7, 11) is 1.72. The second-order valence-corrected chi connectivity index (χ2v) is 6.10. The highest BCUT2D eigenvalue weighted by Crippen LogP contribution is 2.29. The van der Waals surface area contributed by atoms with Gasteiger partial charge in [-0.3, -0.25) is 0 Å². The molecule has 1 aromatic carbocycles. The largest absolute Gasteiger partial charge is 0.379 e. The maximum atomic E-state index is 6.17. The average molecular weight is 321 g/mol. The van der Waals surface area contributed by atoms with E-state index >= 15 is 0 Å². The Labute approximate surface area is 117 Å². The van der Waals surface area contributed by atoms with Crippen LogP contribution in [0.3, 0.4) is 0 Å². The lowest BCUT2D eigenvalue weighted by Gasteiger charge is -2.25. The Hall–Kier alpha value is -0.0900. The third-order valence-electron chi connectivity index (χ3n) is 2.97. The summed E-state index contributed by atoms with van der Waals surface area (Å²) in [6, 6.07) is 5.70. The highest BCUT2D eigenvalue weighted by Gasteiger charge is 2.19. The maximum absolute atomic E-state index is 6.17.